The first-order chi connectivity index (χ1) is 12.6. The van der Waals surface area contributed by atoms with Crippen molar-refractivity contribution in [3.05, 3.63) is 48.0 Å². The number of carbonyl (C=O) groups excluding carboxylic acids is 2. The Morgan fingerprint density at radius 3 is 2.46 bits per heavy atom. The van der Waals surface area contributed by atoms with Crippen LogP contribution in [0.5, 0.6) is 0 Å². The Bertz CT molecular complexity index is 745. The number of nitrogens with zero attached hydrogens (tertiary/aromatic N) is 2. The van der Waals surface area contributed by atoms with Gasteiger partial charge in [0, 0.05) is 43.5 Å². The standard InChI is InChI=1S/C20H26N4O2/c1-15-21-12-13-24(15)18-8-6-16(7-9-18)14-22-19(25)10-11-20(26)23-17-4-2-3-5-17/h6-9,12-13,17H,2-5,10-11,14H2,1H3,(H,22,25)(H,23,26). The molecule has 2 amide bonds. The van der Waals surface area contributed by atoms with Crippen molar-refractivity contribution in [1.82, 2.24) is 20.2 Å². The molecule has 1 aromatic heterocycles. The minimum Gasteiger partial charge on any atom is -0.353 e. The van der Waals surface area contributed by atoms with Gasteiger partial charge in [-0.15, -0.1) is 0 Å². The number of aryl methyl sites for hydroxylation is 1. The summed E-state index contributed by atoms with van der Waals surface area (Å²) in [5, 5.41) is 5.88. The highest BCUT2D eigenvalue weighted by Gasteiger charge is 2.17. The van der Waals surface area contributed by atoms with E-state index in [4.69, 9.17) is 0 Å². The lowest BCUT2D eigenvalue weighted by Crippen LogP contribution is -2.33. The predicted octanol–water partition coefficient (Wildman–Crippen LogP) is 2.64. The molecule has 1 aliphatic carbocycles. The Kier molecular flexibility index (Phi) is 6.04. The van der Waals surface area contributed by atoms with Crippen LogP contribution >= 0.6 is 0 Å². The maximum Gasteiger partial charge on any atom is 0.220 e. The van der Waals surface area contributed by atoms with Crippen LogP contribution in [0, 0.1) is 6.92 Å². The molecule has 2 aromatic rings. The van der Waals surface area contributed by atoms with Gasteiger partial charge >= 0.3 is 0 Å². The molecule has 0 spiro atoms. The number of benzene rings is 1. The monoisotopic (exact) mass is 354 g/mol. The summed E-state index contributed by atoms with van der Waals surface area (Å²) in [4.78, 5) is 28.0. The van der Waals surface area contributed by atoms with Crippen LogP contribution in [-0.4, -0.2) is 27.4 Å². The first-order valence-electron chi connectivity index (χ1n) is 9.27. The van der Waals surface area contributed by atoms with Gasteiger partial charge < -0.3 is 15.2 Å². The molecular formula is C20H26N4O2. The van der Waals surface area contributed by atoms with Crippen molar-refractivity contribution in [2.24, 2.45) is 0 Å². The summed E-state index contributed by atoms with van der Waals surface area (Å²) in [7, 11) is 0. The fourth-order valence-corrected chi connectivity index (χ4v) is 3.31. The van der Waals surface area contributed by atoms with Gasteiger partial charge in [0.15, 0.2) is 0 Å². The van der Waals surface area contributed by atoms with E-state index in [-0.39, 0.29) is 24.7 Å². The third-order valence-electron chi connectivity index (χ3n) is 4.83. The molecule has 0 atom stereocenters. The van der Waals surface area contributed by atoms with Gasteiger partial charge in [-0.3, -0.25) is 9.59 Å². The highest BCUT2D eigenvalue weighted by atomic mass is 16.2. The minimum atomic E-state index is -0.0962. The molecule has 1 fully saturated rings. The molecule has 6 heteroatoms. The van der Waals surface area contributed by atoms with Crippen molar-refractivity contribution in [3.63, 3.8) is 0 Å². The van der Waals surface area contributed by atoms with Gasteiger partial charge in [0.25, 0.3) is 0 Å². The van der Waals surface area contributed by atoms with E-state index in [1.54, 1.807) is 6.20 Å². The second-order valence-corrected chi connectivity index (χ2v) is 6.84. The molecule has 1 heterocycles. The largest absolute Gasteiger partial charge is 0.353 e. The quantitative estimate of drug-likeness (QED) is 0.802. The molecule has 3 rings (SSSR count). The molecule has 1 aliphatic rings. The highest BCUT2D eigenvalue weighted by molar-refractivity contribution is 5.83. The molecule has 6 nitrogen and oxygen atoms in total. The second-order valence-electron chi connectivity index (χ2n) is 6.84. The van der Waals surface area contributed by atoms with E-state index in [1.165, 1.54) is 12.8 Å². The number of imidazole rings is 1. The molecule has 0 radical (unpaired) electrons. The van der Waals surface area contributed by atoms with Crippen LogP contribution in [0.3, 0.4) is 0 Å². The van der Waals surface area contributed by atoms with Gasteiger partial charge in [-0.1, -0.05) is 25.0 Å². The van der Waals surface area contributed by atoms with E-state index in [9.17, 15) is 9.59 Å². The van der Waals surface area contributed by atoms with Gasteiger partial charge in [-0.2, -0.15) is 0 Å². The zero-order valence-corrected chi connectivity index (χ0v) is 15.2. The second kappa shape index (κ2) is 8.65. The van der Waals surface area contributed by atoms with Crippen LogP contribution in [0.25, 0.3) is 5.69 Å². The van der Waals surface area contributed by atoms with Gasteiger partial charge in [0.1, 0.15) is 5.82 Å². The molecule has 26 heavy (non-hydrogen) atoms. The fraction of sp³-hybridized carbons (Fsp3) is 0.450. The molecule has 0 aliphatic heterocycles. The molecule has 2 N–H and O–H groups in total. The Labute approximate surface area is 154 Å². The number of hydrogen-bond acceptors (Lipinski definition) is 3. The molecule has 1 saturated carbocycles. The average molecular weight is 354 g/mol. The van der Waals surface area contributed by atoms with Crippen molar-refractivity contribution in [1.29, 1.82) is 0 Å². The number of aromatic nitrogens is 2. The normalized spacial score (nSPS) is 14.3. The lowest BCUT2D eigenvalue weighted by molar-refractivity contribution is -0.126. The van der Waals surface area contributed by atoms with Crippen molar-refractivity contribution in [2.75, 3.05) is 0 Å². The summed E-state index contributed by atoms with van der Waals surface area (Å²) >= 11 is 0. The molecule has 0 bridgehead atoms. The van der Waals surface area contributed by atoms with E-state index in [0.29, 0.717) is 12.6 Å². The maximum atomic E-state index is 12.0. The topological polar surface area (TPSA) is 76.0 Å². The first kappa shape index (κ1) is 18.2. The van der Waals surface area contributed by atoms with Crippen LogP contribution in [-0.2, 0) is 16.1 Å². The third-order valence-corrected chi connectivity index (χ3v) is 4.83. The minimum absolute atomic E-state index is 0.0212. The zero-order valence-electron chi connectivity index (χ0n) is 15.2. The van der Waals surface area contributed by atoms with E-state index in [2.05, 4.69) is 15.6 Å². The van der Waals surface area contributed by atoms with Gasteiger partial charge in [-0.05, 0) is 37.5 Å². The number of carbonyl (C=O) groups is 2. The smallest absolute Gasteiger partial charge is 0.220 e. The van der Waals surface area contributed by atoms with Crippen LogP contribution in [0.4, 0.5) is 0 Å². The highest BCUT2D eigenvalue weighted by Crippen LogP contribution is 2.17. The number of hydrogen-bond donors (Lipinski definition) is 2. The Hall–Kier alpha value is -2.63. The molecule has 0 saturated heterocycles. The zero-order chi connectivity index (χ0) is 18.4. The van der Waals surface area contributed by atoms with Crippen LogP contribution in [0.1, 0.15) is 49.9 Å². The molecule has 1 aromatic carbocycles. The fourth-order valence-electron chi connectivity index (χ4n) is 3.31. The summed E-state index contributed by atoms with van der Waals surface area (Å²) < 4.78 is 2.01. The van der Waals surface area contributed by atoms with Crippen molar-refractivity contribution >= 4 is 11.8 Å². The number of rotatable bonds is 7. The van der Waals surface area contributed by atoms with Gasteiger partial charge in [-0.25, -0.2) is 4.98 Å². The van der Waals surface area contributed by atoms with Crippen molar-refractivity contribution in [2.45, 2.75) is 58.0 Å². The summed E-state index contributed by atoms with van der Waals surface area (Å²) in [6, 6.07) is 8.29. The summed E-state index contributed by atoms with van der Waals surface area (Å²) in [6.07, 6.45) is 8.66. The molecule has 0 unspecified atom stereocenters. The van der Waals surface area contributed by atoms with Crippen LogP contribution in [0.2, 0.25) is 0 Å². The van der Waals surface area contributed by atoms with E-state index in [0.717, 1.165) is 29.9 Å². The Balaban J connectivity index is 1.40. The Morgan fingerprint density at radius 1 is 1.12 bits per heavy atom. The molecule has 138 valence electrons. The lowest BCUT2D eigenvalue weighted by Gasteiger charge is -2.12. The van der Waals surface area contributed by atoms with Crippen molar-refractivity contribution in [3.8, 4) is 5.69 Å². The Morgan fingerprint density at radius 2 is 1.81 bits per heavy atom. The van der Waals surface area contributed by atoms with Crippen LogP contribution < -0.4 is 10.6 Å². The SMILES string of the molecule is Cc1nccn1-c1ccc(CNC(=O)CCC(=O)NC2CCCC2)cc1. The lowest BCUT2D eigenvalue weighted by atomic mass is 10.2. The first-order valence-corrected chi connectivity index (χ1v) is 9.27. The maximum absolute atomic E-state index is 12.0. The van der Waals surface area contributed by atoms with E-state index in [1.807, 2.05) is 42.0 Å². The predicted molar refractivity (Wildman–Crippen MR) is 99.8 cm³/mol. The summed E-state index contributed by atoms with van der Waals surface area (Å²) in [5.41, 5.74) is 2.06. The number of nitrogens with one attached hydrogen (secondary N) is 2. The summed E-state index contributed by atoms with van der Waals surface area (Å²) in [6.45, 7) is 2.42. The third kappa shape index (κ3) is 4.94. The van der Waals surface area contributed by atoms with Crippen LogP contribution in [0.15, 0.2) is 36.7 Å². The van der Waals surface area contributed by atoms with Gasteiger partial charge in [0.2, 0.25) is 11.8 Å². The van der Waals surface area contributed by atoms with E-state index < -0.39 is 0 Å². The molecular weight excluding hydrogens is 328 g/mol. The van der Waals surface area contributed by atoms with E-state index >= 15 is 0 Å². The van der Waals surface area contributed by atoms with Gasteiger partial charge in [0.05, 0.1) is 0 Å². The van der Waals surface area contributed by atoms with Crippen molar-refractivity contribution < 1.29 is 9.59 Å². The number of amides is 2. The summed E-state index contributed by atoms with van der Waals surface area (Å²) in [5.74, 6) is 0.815. The average Bonchev–Trinajstić information content (AvgIpc) is 3.30.